The first-order valence-corrected chi connectivity index (χ1v) is 5.61. The van der Waals surface area contributed by atoms with Crippen LogP contribution in [0.2, 0.25) is 0 Å². The molecule has 0 saturated heterocycles. The van der Waals surface area contributed by atoms with Crippen molar-refractivity contribution < 1.29 is 14.3 Å². The van der Waals surface area contributed by atoms with E-state index in [1.165, 1.54) is 0 Å². The molecule has 0 aliphatic heterocycles. The van der Waals surface area contributed by atoms with Gasteiger partial charge in [-0.1, -0.05) is 18.9 Å². The number of hydrogen-bond donors (Lipinski definition) is 0. The Bertz CT molecular complexity index is 308. The van der Waals surface area contributed by atoms with Crippen molar-refractivity contribution in [2.24, 2.45) is 11.8 Å². The van der Waals surface area contributed by atoms with E-state index in [9.17, 15) is 4.79 Å². The first kappa shape index (κ1) is 12.8. The van der Waals surface area contributed by atoms with Crippen LogP contribution in [-0.2, 0) is 9.53 Å². The monoisotopic (exact) mass is 222 g/mol. The maximum atomic E-state index is 11.7. The first-order valence-electron chi connectivity index (χ1n) is 5.61. The molecule has 1 aliphatic rings. The minimum absolute atomic E-state index is 0.0960. The Labute approximate surface area is 95.9 Å². The topological polar surface area (TPSA) is 62.7 Å². The second kappa shape index (κ2) is 6.36. The molecule has 1 aliphatic carbocycles. The molecular weight excluding hydrogens is 204 g/mol. The number of ether oxygens (including phenoxy) is 1. The van der Waals surface area contributed by atoms with Crippen LogP contribution in [0.3, 0.4) is 0 Å². The van der Waals surface area contributed by atoms with E-state index in [0.29, 0.717) is 0 Å². The molecule has 0 aromatic rings. The Morgan fingerprint density at radius 2 is 2.25 bits per heavy atom. The summed E-state index contributed by atoms with van der Waals surface area (Å²) in [5, 5.41) is 0. The number of nitrogens with zero attached hydrogens (tertiary/aromatic N) is 2. The molecule has 4 nitrogen and oxygen atoms in total. The van der Waals surface area contributed by atoms with Crippen LogP contribution in [0.4, 0.5) is 0 Å². The Hall–Kier alpha value is -1.25. The average molecular weight is 222 g/mol. The van der Waals surface area contributed by atoms with E-state index in [-0.39, 0.29) is 23.7 Å². The van der Waals surface area contributed by atoms with E-state index in [4.69, 9.17) is 10.3 Å². The molecule has 0 N–H and O–H groups in total. The molecule has 1 fully saturated rings. The van der Waals surface area contributed by atoms with E-state index in [0.717, 1.165) is 31.9 Å². The lowest BCUT2D eigenvalue weighted by molar-refractivity contribution is -0.124. The van der Waals surface area contributed by atoms with Gasteiger partial charge in [0.25, 0.3) is 0 Å². The van der Waals surface area contributed by atoms with Crippen LogP contribution in [-0.4, -0.2) is 30.0 Å². The second-order valence-electron chi connectivity index (χ2n) is 4.14. The third-order valence-electron chi connectivity index (χ3n) is 3.30. The summed E-state index contributed by atoms with van der Waals surface area (Å²) in [6.07, 6.45) is 6.59. The molecule has 88 valence electrons. The summed E-state index contributed by atoms with van der Waals surface area (Å²) >= 11 is 0. The highest BCUT2D eigenvalue weighted by molar-refractivity contribution is 6.26. The molecular formula is C12H18N2O2. The molecule has 0 bridgehead atoms. The van der Waals surface area contributed by atoms with Crippen LogP contribution in [0.5, 0.6) is 0 Å². The largest absolute Gasteiger partial charge is 0.377 e. The van der Waals surface area contributed by atoms with Gasteiger partial charge in [-0.3, -0.25) is 4.79 Å². The molecule has 1 saturated carbocycles. The van der Waals surface area contributed by atoms with Crippen LogP contribution >= 0.6 is 0 Å². The molecule has 0 aromatic heterocycles. The van der Waals surface area contributed by atoms with Gasteiger partial charge in [0.05, 0.1) is 6.10 Å². The van der Waals surface area contributed by atoms with Crippen LogP contribution in [0.25, 0.3) is 5.53 Å². The number of ketones is 1. The molecule has 0 radical (unpaired) electrons. The van der Waals surface area contributed by atoms with Crippen molar-refractivity contribution in [1.82, 2.24) is 0 Å². The molecule has 0 spiro atoms. The lowest BCUT2D eigenvalue weighted by Gasteiger charge is -2.32. The molecule has 0 aromatic carbocycles. The Balaban J connectivity index is 2.81. The number of carbonyl (C=O) groups excluding carboxylic acids is 1. The zero-order chi connectivity index (χ0) is 12.0. The van der Waals surface area contributed by atoms with Gasteiger partial charge in [-0.15, -0.1) is 6.58 Å². The summed E-state index contributed by atoms with van der Waals surface area (Å²) < 4.78 is 5.32. The standard InChI is InChI=1S/C12H18N2O2/c1-3-12(16-2)10-7-5-4-6-9(10)11(15)8-14-13/h3,8-10,12H,1,4-7H2,2H3/t9-,10-,12+/m0/s1. The van der Waals surface area contributed by atoms with Crippen LogP contribution in [0.15, 0.2) is 12.7 Å². The van der Waals surface area contributed by atoms with E-state index < -0.39 is 0 Å². The third kappa shape index (κ3) is 2.87. The maximum absolute atomic E-state index is 11.7. The smallest absolute Gasteiger partial charge is 0.323 e. The fourth-order valence-electron chi connectivity index (χ4n) is 2.50. The minimum atomic E-state index is -0.115. The predicted molar refractivity (Wildman–Crippen MR) is 61.1 cm³/mol. The van der Waals surface area contributed by atoms with Crippen molar-refractivity contribution >= 4 is 12.0 Å². The average Bonchev–Trinajstić information content (AvgIpc) is 2.31. The molecule has 0 unspecified atom stereocenters. The van der Waals surface area contributed by atoms with Gasteiger partial charge in [-0.2, -0.15) is 4.79 Å². The zero-order valence-corrected chi connectivity index (χ0v) is 9.63. The highest BCUT2D eigenvalue weighted by Crippen LogP contribution is 2.34. The van der Waals surface area contributed by atoms with Crippen molar-refractivity contribution in [1.29, 1.82) is 0 Å². The Morgan fingerprint density at radius 3 is 2.81 bits per heavy atom. The summed E-state index contributed by atoms with van der Waals surface area (Å²) in [4.78, 5) is 14.6. The van der Waals surface area contributed by atoms with Gasteiger partial charge >= 0.3 is 6.21 Å². The maximum Gasteiger partial charge on any atom is 0.323 e. The molecule has 3 atom stereocenters. The van der Waals surface area contributed by atoms with E-state index in [2.05, 4.69) is 11.4 Å². The molecule has 16 heavy (non-hydrogen) atoms. The summed E-state index contributed by atoms with van der Waals surface area (Å²) in [7, 11) is 1.63. The minimum Gasteiger partial charge on any atom is -0.377 e. The fourth-order valence-corrected chi connectivity index (χ4v) is 2.50. The number of methoxy groups -OCH3 is 1. The van der Waals surface area contributed by atoms with E-state index in [1.807, 2.05) is 0 Å². The van der Waals surface area contributed by atoms with Crippen molar-refractivity contribution in [2.45, 2.75) is 31.8 Å². The number of rotatable bonds is 5. The number of carbonyl (C=O) groups is 1. The third-order valence-corrected chi connectivity index (χ3v) is 3.30. The van der Waals surface area contributed by atoms with Crippen molar-refractivity contribution in [2.75, 3.05) is 7.11 Å². The normalized spacial score (nSPS) is 26.6. The van der Waals surface area contributed by atoms with Crippen molar-refractivity contribution in [3.63, 3.8) is 0 Å². The predicted octanol–water partition coefficient (Wildman–Crippen LogP) is 1.86. The Kier molecular flexibility index (Phi) is 5.09. The van der Waals surface area contributed by atoms with Crippen LogP contribution in [0, 0.1) is 11.8 Å². The van der Waals surface area contributed by atoms with Gasteiger partial charge in [0.2, 0.25) is 5.78 Å². The lowest BCUT2D eigenvalue weighted by atomic mass is 9.74. The fraction of sp³-hybridized carbons (Fsp3) is 0.667. The van der Waals surface area contributed by atoms with Gasteiger partial charge in [0.1, 0.15) is 0 Å². The zero-order valence-electron chi connectivity index (χ0n) is 9.63. The van der Waals surface area contributed by atoms with Crippen molar-refractivity contribution in [3.8, 4) is 0 Å². The van der Waals surface area contributed by atoms with Gasteiger partial charge in [0.15, 0.2) is 0 Å². The van der Waals surface area contributed by atoms with E-state index in [1.54, 1.807) is 13.2 Å². The SMILES string of the molecule is C=C[C@@H](OC)[C@H]1CCCC[C@@H]1C(=O)C=[N+]=[N-]. The van der Waals surface area contributed by atoms with Crippen molar-refractivity contribution in [3.05, 3.63) is 18.2 Å². The first-order chi connectivity index (χ1) is 7.74. The van der Waals surface area contributed by atoms with Gasteiger partial charge in [-0.05, 0) is 18.8 Å². The lowest BCUT2D eigenvalue weighted by Crippen LogP contribution is -2.36. The molecule has 1 rings (SSSR count). The highest BCUT2D eigenvalue weighted by Gasteiger charge is 2.35. The molecule has 0 amide bonds. The summed E-state index contributed by atoms with van der Waals surface area (Å²) in [6, 6.07) is 0. The summed E-state index contributed by atoms with van der Waals surface area (Å²) in [6.45, 7) is 3.73. The van der Waals surface area contributed by atoms with Gasteiger partial charge in [0, 0.05) is 13.0 Å². The van der Waals surface area contributed by atoms with Gasteiger partial charge in [-0.25, -0.2) is 0 Å². The van der Waals surface area contributed by atoms with Crippen LogP contribution < -0.4 is 0 Å². The molecule has 4 heteroatoms. The summed E-state index contributed by atoms with van der Waals surface area (Å²) in [5.74, 6) is -0.0644. The second-order valence-corrected chi connectivity index (χ2v) is 4.14. The Morgan fingerprint density at radius 1 is 1.56 bits per heavy atom. The summed E-state index contributed by atoms with van der Waals surface area (Å²) in [5.41, 5.74) is 8.40. The molecule has 0 heterocycles. The number of hydrogen-bond acceptors (Lipinski definition) is 2. The quantitative estimate of drug-likeness (QED) is 0.308. The van der Waals surface area contributed by atoms with Gasteiger partial charge < -0.3 is 10.3 Å². The number of Topliss-reactive ketones (excluding diaryl/α,β-unsaturated/α-hetero) is 1. The van der Waals surface area contributed by atoms with Crippen LogP contribution in [0.1, 0.15) is 25.7 Å². The van der Waals surface area contributed by atoms with E-state index >= 15 is 0 Å². The highest BCUT2D eigenvalue weighted by atomic mass is 16.5.